The number of amides is 1. The molecule has 1 rings (SSSR count). The molecular weight excluding hydrogens is 238 g/mol. The first kappa shape index (κ1) is 14.0. The molecule has 98 valence electrons. The highest BCUT2D eigenvalue weighted by Crippen LogP contribution is 2.11. The number of rotatable bonds is 6. The molecule has 0 aliphatic rings. The summed E-state index contributed by atoms with van der Waals surface area (Å²) in [6.07, 6.45) is -0.0648. The molecule has 0 bridgehead atoms. The topological polar surface area (TPSA) is 107 Å². The molecule has 0 heterocycles. The van der Waals surface area contributed by atoms with Crippen LogP contribution < -0.4 is 5.32 Å². The summed E-state index contributed by atoms with van der Waals surface area (Å²) in [4.78, 5) is 22.3. The van der Waals surface area contributed by atoms with Crippen LogP contribution in [0.1, 0.15) is 12.0 Å². The Hall–Kier alpha value is -2.08. The van der Waals surface area contributed by atoms with E-state index in [1.54, 1.807) is 12.1 Å². The van der Waals surface area contributed by atoms with E-state index < -0.39 is 17.9 Å². The Morgan fingerprint density at radius 2 is 2.06 bits per heavy atom. The van der Waals surface area contributed by atoms with E-state index in [1.807, 2.05) is 0 Å². The zero-order valence-corrected chi connectivity index (χ0v) is 9.67. The molecule has 6 nitrogen and oxygen atoms in total. The number of aliphatic carboxylic acids is 1. The van der Waals surface area contributed by atoms with Crippen LogP contribution in [0.2, 0.25) is 0 Å². The maximum Gasteiger partial charge on any atom is 0.326 e. The van der Waals surface area contributed by atoms with E-state index >= 15 is 0 Å². The first-order valence-electron chi connectivity index (χ1n) is 5.44. The van der Waals surface area contributed by atoms with Crippen molar-refractivity contribution in [2.75, 3.05) is 6.61 Å². The quantitative estimate of drug-likeness (QED) is 0.565. The summed E-state index contributed by atoms with van der Waals surface area (Å²) < 4.78 is 0. The average Bonchev–Trinajstić information content (AvgIpc) is 2.28. The number of carbonyl (C=O) groups excluding carboxylic acids is 1. The van der Waals surface area contributed by atoms with Gasteiger partial charge in [-0.2, -0.15) is 0 Å². The Labute approximate surface area is 104 Å². The first-order chi connectivity index (χ1) is 8.52. The molecule has 0 aliphatic carbocycles. The predicted molar refractivity (Wildman–Crippen MR) is 63.1 cm³/mol. The van der Waals surface area contributed by atoms with Gasteiger partial charge in [0, 0.05) is 13.0 Å². The van der Waals surface area contributed by atoms with Crippen molar-refractivity contribution in [1.29, 1.82) is 0 Å². The Kier molecular flexibility index (Phi) is 5.13. The van der Waals surface area contributed by atoms with Crippen molar-refractivity contribution in [1.82, 2.24) is 5.32 Å². The van der Waals surface area contributed by atoms with Gasteiger partial charge < -0.3 is 20.6 Å². The Balaban J connectivity index is 2.57. The van der Waals surface area contributed by atoms with Gasteiger partial charge in [0.1, 0.15) is 11.8 Å². The van der Waals surface area contributed by atoms with Crippen LogP contribution in [0.4, 0.5) is 0 Å². The van der Waals surface area contributed by atoms with Crippen LogP contribution in [0, 0.1) is 0 Å². The summed E-state index contributed by atoms with van der Waals surface area (Å²) in [6.45, 7) is -0.316. The summed E-state index contributed by atoms with van der Waals surface area (Å²) >= 11 is 0. The van der Waals surface area contributed by atoms with Gasteiger partial charge in [-0.15, -0.1) is 0 Å². The number of carboxylic acids is 1. The van der Waals surface area contributed by atoms with Gasteiger partial charge in [0.2, 0.25) is 5.91 Å². The van der Waals surface area contributed by atoms with Crippen LogP contribution in [0.25, 0.3) is 0 Å². The minimum Gasteiger partial charge on any atom is -0.508 e. The van der Waals surface area contributed by atoms with Crippen LogP contribution in [-0.2, 0) is 16.0 Å². The van der Waals surface area contributed by atoms with Crippen molar-refractivity contribution in [3.8, 4) is 5.75 Å². The van der Waals surface area contributed by atoms with Gasteiger partial charge in [-0.05, 0) is 17.7 Å². The van der Waals surface area contributed by atoms with E-state index in [0.29, 0.717) is 5.56 Å². The molecular formula is C12H15NO5. The fraction of sp³-hybridized carbons (Fsp3) is 0.333. The number of carbonyl (C=O) groups is 2. The van der Waals surface area contributed by atoms with Gasteiger partial charge in [-0.3, -0.25) is 4.79 Å². The van der Waals surface area contributed by atoms with Crippen molar-refractivity contribution >= 4 is 11.9 Å². The van der Waals surface area contributed by atoms with Gasteiger partial charge in [-0.1, -0.05) is 12.1 Å². The maximum absolute atomic E-state index is 11.6. The van der Waals surface area contributed by atoms with Crippen LogP contribution in [0.5, 0.6) is 5.75 Å². The lowest BCUT2D eigenvalue weighted by Crippen LogP contribution is -2.42. The molecule has 0 spiro atoms. The van der Waals surface area contributed by atoms with Crippen LogP contribution in [0.15, 0.2) is 24.3 Å². The van der Waals surface area contributed by atoms with E-state index in [-0.39, 0.29) is 25.2 Å². The van der Waals surface area contributed by atoms with E-state index in [9.17, 15) is 14.7 Å². The smallest absolute Gasteiger partial charge is 0.326 e. The molecule has 0 saturated heterocycles. The minimum atomic E-state index is -1.19. The summed E-state index contributed by atoms with van der Waals surface area (Å²) in [5.41, 5.74) is 0.584. The van der Waals surface area contributed by atoms with Crippen molar-refractivity contribution in [2.24, 2.45) is 0 Å². The third-order valence-electron chi connectivity index (χ3n) is 2.33. The third kappa shape index (κ3) is 4.42. The second kappa shape index (κ2) is 6.61. The Morgan fingerprint density at radius 1 is 1.33 bits per heavy atom. The first-order valence-corrected chi connectivity index (χ1v) is 5.44. The van der Waals surface area contributed by atoms with E-state index in [4.69, 9.17) is 10.2 Å². The fourth-order valence-corrected chi connectivity index (χ4v) is 1.48. The zero-order valence-electron chi connectivity index (χ0n) is 9.67. The van der Waals surface area contributed by atoms with E-state index in [1.165, 1.54) is 12.1 Å². The minimum absolute atomic E-state index is 0.0242. The summed E-state index contributed by atoms with van der Waals surface area (Å²) in [6, 6.07) is 5.07. The van der Waals surface area contributed by atoms with E-state index in [2.05, 4.69) is 5.32 Å². The molecule has 0 aromatic heterocycles. The number of aliphatic hydroxyl groups excluding tert-OH is 1. The van der Waals surface area contributed by atoms with Gasteiger partial charge in [-0.25, -0.2) is 4.79 Å². The molecule has 1 atom stereocenters. The fourth-order valence-electron chi connectivity index (χ4n) is 1.48. The molecule has 4 N–H and O–H groups in total. The van der Waals surface area contributed by atoms with Crippen LogP contribution in [-0.4, -0.2) is 39.8 Å². The number of phenols is 1. The highest BCUT2D eigenvalue weighted by Gasteiger charge is 2.19. The van der Waals surface area contributed by atoms with Gasteiger partial charge in [0.15, 0.2) is 0 Å². The Morgan fingerprint density at radius 3 is 2.61 bits per heavy atom. The van der Waals surface area contributed by atoms with Gasteiger partial charge in [0.25, 0.3) is 0 Å². The molecule has 18 heavy (non-hydrogen) atoms. The lowest BCUT2D eigenvalue weighted by atomic mass is 10.1. The Bertz CT molecular complexity index is 432. The molecule has 0 aliphatic heterocycles. The molecule has 0 radical (unpaired) electrons. The zero-order chi connectivity index (χ0) is 13.5. The number of aromatic hydroxyl groups is 1. The van der Waals surface area contributed by atoms with Crippen molar-refractivity contribution in [3.05, 3.63) is 29.8 Å². The molecule has 0 saturated carbocycles. The monoisotopic (exact) mass is 253 g/mol. The molecule has 0 fully saturated rings. The highest BCUT2D eigenvalue weighted by atomic mass is 16.4. The normalized spacial score (nSPS) is 11.8. The second-order valence-corrected chi connectivity index (χ2v) is 3.82. The number of carboxylic acid groups (broad SMARTS) is 1. The molecule has 1 unspecified atom stereocenters. The molecule has 6 heteroatoms. The predicted octanol–water partition coefficient (Wildman–Crippen LogP) is -0.113. The standard InChI is InChI=1S/C12H15NO5/c14-5-4-10(12(17)18)13-11(16)7-8-2-1-3-9(15)6-8/h1-3,6,10,14-15H,4-5,7H2,(H,13,16)(H,17,18). The summed E-state index contributed by atoms with van der Waals surface area (Å²) in [5.74, 6) is -1.61. The summed E-state index contributed by atoms with van der Waals surface area (Å²) in [7, 11) is 0. The van der Waals surface area contributed by atoms with Crippen LogP contribution in [0.3, 0.4) is 0 Å². The third-order valence-corrected chi connectivity index (χ3v) is 2.33. The number of phenolic OH excluding ortho intramolecular Hbond substituents is 1. The van der Waals surface area contributed by atoms with E-state index in [0.717, 1.165) is 0 Å². The molecule has 1 amide bonds. The molecule has 1 aromatic carbocycles. The van der Waals surface area contributed by atoms with Gasteiger partial charge >= 0.3 is 5.97 Å². The summed E-state index contributed by atoms with van der Waals surface area (Å²) in [5, 5.41) is 29.0. The van der Waals surface area contributed by atoms with Crippen molar-refractivity contribution in [3.63, 3.8) is 0 Å². The number of hydrogen-bond donors (Lipinski definition) is 4. The molecule has 1 aromatic rings. The number of hydrogen-bond acceptors (Lipinski definition) is 4. The highest BCUT2D eigenvalue weighted by molar-refractivity contribution is 5.84. The van der Waals surface area contributed by atoms with Crippen molar-refractivity contribution in [2.45, 2.75) is 18.9 Å². The van der Waals surface area contributed by atoms with Crippen molar-refractivity contribution < 1.29 is 24.9 Å². The maximum atomic E-state index is 11.6. The van der Waals surface area contributed by atoms with Crippen LogP contribution >= 0.6 is 0 Å². The average molecular weight is 253 g/mol. The number of benzene rings is 1. The number of nitrogens with one attached hydrogen (secondary N) is 1. The lowest BCUT2D eigenvalue weighted by Gasteiger charge is -2.13. The SMILES string of the molecule is O=C(Cc1cccc(O)c1)NC(CCO)C(=O)O. The second-order valence-electron chi connectivity index (χ2n) is 3.82. The lowest BCUT2D eigenvalue weighted by molar-refractivity contribution is -0.142. The number of aliphatic hydroxyl groups is 1. The largest absolute Gasteiger partial charge is 0.508 e. The van der Waals surface area contributed by atoms with Gasteiger partial charge in [0.05, 0.1) is 6.42 Å².